The maximum absolute atomic E-state index is 9.55. The van der Waals surface area contributed by atoms with Crippen molar-refractivity contribution in [3.05, 3.63) is 0 Å². The van der Waals surface area contributed by atoms with E-state index in [1.807, 2.05) is 11.8 Å². The number of hydrogen-bond acceptors (Lipinski definition) is 4. The van der Waals surface area contributed by atoms with Crippen molar-refractivity contribution in [2.24, 2.45) is 16.8 Å². The molecule has 0 radical (unpaired) electrons. The van der Waals surface area contributed by atoms with Crippen LogP contribution in [0, 0.1) is 5.92 Å². The molecule has 0 aromatic carbocycles. The zero-order chi connectivity index (χ0) is 9.84. The molecule has 1 rings (SSSR count). The highest BCUT2D eigenvalue weighted by Crippen LogP contribution is 2.16. The van der Waals surface area contributed by atoms with E-state index >= 15 is 0 Å². The molecule has 1 saturated heterocycles. The summed E-state index contributed by atoms with van der Waals surface area (Å²) in [5.41, 5.74) is 5.36. The summed E-state index contributed by atoms with van der Waals surface area (Å²) in [6.45, 7) is 3.97. The molecule has 0 spiro atoms. The third-order valence-electron chi connectivity index (χ3n) is 2.52. The molecule has 76 valence electrons. The lowest BCUT2D eigenvalue weighted by Gasteiger charge is -2.33. The molecule has 5 heteroatoms. The van der Waals surface area contributed by atoms with Crippen LogP contribution in [0.2, 0.25) is 0 Å². The smallest absolute Gasteiger partial charge is 0.153 e. The third-order valence-corrected chi connectivity index (χ3v) is 2.52. The molecule has 0 saturated carbocycles. The zero-order valence-electron chi connectivity index (χ0n) is 7.85. The van der Waals surface area contributed by atoms with E-state index in [4.69, 9.17) is 10.9 Å². The number of aliphatic hydroxyl groups excluding tert-OH is 1. The van der Waals surface area contributed by atoms with Gasteiger partial charge < -0.3 is 16.0 Å². The maximum atomic E-state index is 9.55. The van der Waals surface area contributed by atoms with Gasteiger partial charge in [0.25, 0.3) is 0 Å². The minimum absolute atomic E-state index is 0.196. The maximum Gasteiger partial charge on any atom is 0.153 e. The fourth-order valence-electron chi connectivity index (χ4n) is 1.52. The average molecular weight is 187 g/mol. The Morgan fingerprint density at radius 3 is 2.92 bits per heavy atom. The molecular weight excluding hydrogens is 170 g/mol. The summed E-state index contributed by atoms with van der Waals surface area (Å²) in [4.78, 5) is 1.99. The Kier molecular flexibility index (Phi) is 3.50. The Morgan fingerprint density at radius 2 is 2.38 bits per heavy atom. The summed E-state index contributed by atoms with van der Waals surface area (Å²) in [6.07, 6.45) is 0.667. The third kappa shape index (κ3) is 2.86. The van der Waals surface area contributed by atoms with Gasteiger partial charge in [-0.05, 0) is 18.9 Å². The number of piperidine rings is 1. The zero-order valence-corrected chi connectivity index (χ0v) is 7.85. The summed E-state index contributed by atoms with van der Waals surface area (Å²) in [6, 6.07) is 0. The Labute approximate surface area is 77.8 Å². The van der Waals surface area contributed by atoms with Crippen LogP contribution in [0.5, 0.6) is 0 Å². The Bertz CT molecular complexity index is 196. The first-order valence-corrected chi connectivity index (χ1v) is 4.50. The molecule has 0 aromatic heterocycles. The molecule has 13 heavy (non-hydrogen) atoms. The summed E-state index contributed by atoms with van der Waals surface area (Å²) < 4.78 is 0. The Hall–Kier alpha value is -0.810. The Morgan fingerprint density at radius 1 is 1.69 bits per heavy atom. The van der Waals surface area contributed by atoms with Gasteiger partial charge >= 0.3 is 0 Å². The first kappa shape index (κ1) is 10.3. The molecule has 1 aliphatic rings. The predicted octanol–water partition coefficient (Wildman–Crippen LogP) is -0.564. The molecule has 4 N–H and O–H groups in total. The van der Waals surface area contributed by atoms with E-state index in [-0.39, 0.29) is 11.9 Å². The van der Waals surface area contributed by atoms with Gasteiger partial charge in [0.1, 0.15) is 0 Å². The van der Waals surface area contributed by atoms with E-state index in [1.165, 1.54) is 0 Å². The number of amidine groups is 1. The van der Waals surface area contributed by atoms with Crippen molar-refractivity contribution in [1.82, 2.24) is 4.90 Å². The highest BCUT2D eigenvalue weighted by atomic mass is 16.4. The van der Waals surface area contributed by atoms with E-state index < -0.39 is 0 Å². The van der Waals surface area contributed by atoms with Gasteiger partial charge in [-0.25, -0.2) is 0 Å². The minimum Gasteiger partial charge on any atom is -0.409 e. The number of likely N-dealkylation sites (tertiary alicyclic amines) is 1. The average Bonchev–Trinajstić information content (AvgIpc) is 2.11. The van der Waals surface area contributed by atoms with Crippen LogP contribution in [0.3, 0.4) is 0 Å². The molecular formula is C8H17N3O2. The van der Waals surface area contributed by atoms with Crippen molar-refractivity contribution >= 4 is 5.84 Å². The molecule has 5 nitrogen and oxygen atoms in total. The summed E-state index contributed by atoms with van der Waals surface area (Å²) >= 11 is 0. The molecule has 1 fully saturated rings. The first-order chi connectivity index (χ1) is 6.13. The summed E-state index contributed by atoms with van der Waals surface area (Å²) in [7, 11) is 0. The van der Waals surface area contributed by atoms with E-state index in [2.05, 4.69) is 5.16 Å². The molecule has 1 heterocycles. The van der Waals surface area contributed by atoms with E-state index in [9.17, 15) is 5.11 Å². The van der Waals surface area contributed by atoms with Crippen molar-refractivity contribution in [1.29, 1.82) is 0 Å². The van der Waals surface area contributed by atoms with Gasteiger partial charge in [0.05, 0.1) is 12.6 Å². The van der Waals surface area contributed by atoms with Crippen LogP contribution >= 0.6 is 0 Å². The quantitative estimate of drug-likeness (QED) is 0.234. The lowest BCUT2D eigenvalue weighted by Crippen LogP contribution is -2.46. The number of oxime groups is 1. The van der Waals surface area contributed by atoms with Crippen molar-refractivity contribution in [2.75, 3.05) is 19.6 Å². The fourth-order valence-corrected chi connectivity index (χ4v) is 1.52. The Balaban J connectivity index is 2.37. The van der Waals surface area contributed by atoms with Crippen LogP contribution in [0.15, 0.2) is 5.16 Å². The van der Waals surface area contributed by atoms with Crippen molar-refractivity contribution in [2.45, 2.75) is 19.4 Å². The standard InChI is InChI=1S/C8H17N3O2/c1-6-2-3-11(4-7(6)12)5-8(9)10-13/h6-7,12-13H,2-5H2,1H3,(H2,9,10). The molecule has 0 amide bonds. The second-order valence-corrected chi connectivity index (χ2v) is 3.66. The second-order valence-electron chi connectivity index (χ2n) is 3.66. The molecule has 1 aliphatic heterocycles. The van der Waals surface area contributed by atoms with E-state index in [0.29, 0.717) is 19.0 Å². The number of nitrogens with zero attached hydrogens (tertiary/aromatic N) is 2. The van der Waals surface area contributed by atoms with E-state index in [1.54, 1.807) is 0 Å². The van der Waals surface area contributed by atoms with Crippen LogP contribution in [0.25, 0.3) is 0 Å². The van der Waals surface area contributed by atoms with Crippen LogP contribution in [0.4, 0.5) is 0 Å². The van der Waals surface area contributed by atoms with Gasteiger partial charge in [-0.3, -0.25) is 4.90 Å². The van der Waals surface area contributed by atoms with Gasteiger partial charge in [0.2, 0.25) is 0 Å². The molecule has 2 atom stereocenters. The lowest BCUT2D eigenvalue weighted by molar-refractivity contribution is 0.0355. The molecule has 0 aliphatic carbocycles. The van der Waals surface area contributed by atoms with Crippen molar-refractivity contribution in [3.63, 3.8) is 0 Å². The minimum atomic E-state index is -0.291. The van der Waals surface area contributed by atoms with Gasteiger partial charge in [-0.1, -0.05) is 12.1 Å². The van der Waals surface area contributed by atoms with Crippen molar-refractivity contribution in [3.8, 4) is 0 Å². The van der Waals surface area contributed by atoms with E-state index in [0.717, 1.165) is 13.0 Å². The highest BCUT2D eigenvalue weighted by molar-refractivity contribution is 5.81. The fraction of sp³-hybridized carbons (Fsp3) is 0.875. The SMILES string of the molecule is CC1CCN(CC(N)=NO)CC1O. The number of β-amino-alcohol motifs (C(OH)–C–C–N with tert-alkyl or cyclic N) is 1. The van der Waals surface area contributed by atoms with Crippen LogP contribution in [-0.4, -0.2) is 46.8 Å². The number of nitrogens with two attached hydrogens (primary N) is 1. The topological polar surface area (TPSA) is 82.1 Å². The number of aliphatic hydroxyl groups is 1. The van der Waals surface area contributed by atoms with Crippen LogP contribution < -0.4 is 5.73 Å². The van der Waals surface area contributed by atoms with Crippen LogP contribution in [0.1, 0.15) is 13.3 Å². The van der Waals surface area contributed by atoms with Crippen LogP contribution in [-0.2, 0) is 0 Å². The van der Waals surface area contributed by atoms with Gasteiger partial charge in [0.15, 0.2) is 5.84 Å². The molecule has 2 unspecified atom stereocenters. The van der Waals surface area contributed by atoms with Crippen molar-refractivity contribution < 1.29 is 10.3 Å². The second kappa shape index (κ2) is 4.43. The number of hydrogen-bond donors (Lipinski definition) is 3. The van der Waals surface area contributed by atoms with Gasteiger partial charge in [-0.2, -0.15) is 0 Å². The van der Waals surface area contributed by atoms with Gasteiger partial charge in [-0.15, -0.1) is 0 Å². The monoisotopic (exact) mass is 187 g/mol. The molecule has 0 aromatic rings. The lowest BCUT2D eigenvalue weighted by atomic mass is 9.96. The number of rotatable bonds is 2. The predicted molar refractivity (Wildman–Crippen MR) is 49.6 cm³/mol. The highest BCUT2D eigenvalue weighted by Gasteiger charge is 2.24. The summed E-state index contributed by atoms with van der Waals surface area (Å²) in [5, 5.41) is 20.8. The largest absolute Gasteiger partial charge is 0.409 e. The molecule has 0 bridgehead atoms. The van der Waals surface area contributed by atoms with Gasteiger partial charge in [0, 0.05) is 6.54 Å². The normalized spacial score (nSPS) is 32.0. The first-order valence-electron chi connectivity index (χ1n) is 4.50. The summed E-state index contributed by atoms with van der Waals surface area (Å²) in [5.74, 6) is 0.547.